The zero-order valence-electron chi connectivity index (χ0n) is 13.1. The van der Waals surface area contributed by atoms with Crippen LogP contribution in [0.5, 0.6) is 0 Å². The molecular formula is C16H35Al. The number of unbranched alkanes of at least 4 members (excludes halogenated alkanes) is 4. The molecule has 1 atom stereocenters. The second kappa shape index (κ2) is 10.5. The monoisotopic (exact) mass is 254 g/mol. The van der Waals surface area contributed by atoms with Crippen molar-refractivity contribution in [2.75, 3.05) is 0 Å². The van der Waals surface area contributed by atoms with Crippen LogP contribution in [0.4, 0.5) is 0 Å². The van der Waals surface area contributed by atoms with Crippen molar-refractivity contribution >= 4 is 14.1 Å². The molecule has 0 nitrogen and oxygen atoms in total. The smallest absolute Gasteiger partial charge is 0.0964 e. The van der Waals surface area contributed by atoms with Gasteiger partial charge in [0.05, 0.1) is 0 Å². The first-order valence-electron chi connectivity index (χ1n) is 8.14. The molecule has 102 valence electrons. The van der Waals surface area contributed by atoms with Crippen LogP contribution in [0, 0.1) is 0 Å². The first kappa shape index (κ1) is 17.5. The standard InChI is InChI=1S/C12H25.2C2H5.Al/c1-4-6-7-8-9-11-12(3)10-5-2;2*1-2;/h4-11H2,1-3H3;2*1H2,2H3;. The molecule has 1 unspecified atom stereocenters. The summed E-state index contributed by atoms with van der Waals surface area (Å²) in [7, 11) is 0. The predicted molar refractivity (Wildman–Crippen MR) is 83.4 cm³/mol. The van der Waals surface area contributed by atoms with Gasteiger partial charge in [0.1, 0.15) is 0 Å². The maximum atomic E-state index is 2.61. The van der Waals surface area contributed by atoms with Crippen molar-refractivity contribution in [2.45, 2.75) is 101 Å². The molecule has 0 heterocycles. The predicted octanol–water partition coefficient (Wildman–Crippen LogP) is 6.44. The van der Waals surface area contributed by atoms with Gasteiger partial charge in [0.25, 0.3) is 14.1 Å². The molecule has 0 aromatic rings. The van der Waals surface area contributed by atoms with Gasteiger partial charge in [-0.1, -0.05) is 101 Å². The Balaban J connectivity index is 4.10. The van der Waals surface area contributed by atoms with E-state index in [9.17, 15) is 0 Å². The Labute approximate surface area is 115 Å². The molecule has 0 spiro atoms. The van der Waals surface area contributed by atoms with Gasteiger partial charge in [-0.3, -0.25) is 0 Å². The Bertz CT molecular complexity index is 163. The lowest BCUT2D eigenvalue weighted by atomic mass is 9.96. The van der Waals surface area contributed by atoms with Gasteiger partial charge in [0.2, 0.25) is 0 Å². The lowest BCUT2D eigenvalue weighted by Crippen LogP contribution is -2.29. The molecule has 0 aromatic heterocycles. The molecule has 0 N–H and O–H groups in total. The molecule has 1 heteroatoms. The Morgan fingerprint density at radius 2 is 1.29 bits per heavy atom. The van der Waals surface area contributed by atoms with Crippen LogP contribution < -0.4 is 0 Å². The first-order valence-corrected chi connectivity index (χ1v) is 10.4. The van der Waals surface area contributed by atoms with Crippen molar-refractivity contribution in [1.29, 1.82) is 0 Å². The van der Waals surface area contributed by atoms with Crippen LogP contribution in [0.3, 0.4) is 0 Å². The zero-order chi connectivity index (χ0) is 13.1. The maximum Gasteiger partial charge on any atom is 0.268 e. The van der Waals surface area contributed by atoms with Gasteiger partial charge >= 0.3 is 0 Å². The van der Waals surface area contributed by atoms with Crippen molar-refractivity contribution in [3.63, 3.8) is 0 Å². The summed E-state index contributed by atoms with van der Waals surface area (Å²) >= 11 is -0.499. The van der Waals surface area contributed by atoms with Crippen LogP contribution in [0.15, 0.2) is 0 Å². The van der Waals surface area contributed by atoms with E-state index in [0.717, 1.165) is 4.28 Å². The third-order valence-corrected chi connectivity index (χ3v) is 9.16. The molecule has 0 aliphatic heterocycles. The highest BCUT2D eigenvalue weighted by molar-refractivity contribution is 6.62. The van der Waals surface area contributed by atoms with Crippen LogP contribution in [0.2, 0.25) is 14.8 Å². The van der Waals surface area contributed by atoms with E-state index in [-0.39, 0.29) is 0 Å². The van der Waals surface area contributed by atoms with Crippen LogP contribution in [0.25, 0.3) is 0 Å². The molecule has 0 bridgehead atoms. The Morgan fingerprint density at radius 3 is 1.76 bits per heavy atom. The molecule has 0 radical (unpaired) electrons. The normalized spacial score (nSPS) is 14.6. The Hall–Kier alpha value is 0.532. The Morgan fingerprint density at radius 1 is 0.706 bits per heavy atom. The van der Waals surface area contributed by atoms with E-state index in [1.54, 1.807) is 0 Å². The van der Waals surface area contributed by atoms with Gasteiger partial charge in [-0.15, -0.1) is 0 Å². The highest BCUT2D eigenvalue weighted by atomic mass is 27.2. The summed E-state index contributed by atoms with van der Waals surface area (Å²) in [5, 5.41) is 3.00. The summed E-state index contributed by atoms with van der Waals surface area (Å²) in [4.78, 5) is 0. The van der Waals surface area contributed by atoms with E-state index in [4.69, 9.17) is 0 Å². The van der Waals surface area contributed by atoms with E-state index in [2.05, 4.69) is 34.6 Å². The summed E-state index contributed by atoms with van der Waals surface area (Å²) in [6.07, 6.45) is 11.6. The van der Waals surface area contributed by atoms with E-state index < -0.39 is 14.1 Å². The molecule has 0 rings (SSSR count). The quantitative estimate of drug-likeness (QED) is 0.294. The number of rotatable bonds is 11. The second-order valence-electron chi connectivity index (χ2n) is 6.08. The number of hydrogen-bond acceptors (Lipinski definition) is 0. The fraction of sp³-hybridized carbons (Fsp3) is 1.00. The van der Waals surface area contributed by atoms with Gasteiger partial charge in [-0.2, -0.15) is 0 Å². The average molecular weight is 254 g/mol. The van der Waals surface area contributed by atoms with Crippen LogP contribution in [-0.2, 0) is 0 Å². The summed E-state index contributed by atoms with van der Waals surface area (Å²) in [6.45, 7) is 12.2. The summed E-state index contributed by atoms with van der Waals surface area (Å²) < 4.78 is 0.754. The fourth-order valence-corrected chi connectivity index (χ4v) is 7.37. The molecular weight excluding hydrogens is 219 g/mol. The highest BCUT2D eigenvalue weighted by Crippen LogP contribution is 2.43. The third-order valence-electron chi connectivity index (χ3n) is 4.64. The maximum absolute atomic E-state index is 2.61. The topological polar surface area (TPSA) is 0 Å². The lowest BCUT2D eigenvalue weighted by molar-refractivity contribution is 0.459. The SMILES string of the molecule is CCCCCCC[C](C)(CCC)[Al]([CH2]C)[CH2]C. The summed E-state index contributed by atoms with van der Waals surface area (Å²) in [6, 6.07) is 0. The van der Waals surface area contributed by atoms with Crippen LogP contribution in [0.1, 0.15) is 86.0 Å². The minimum atomic E-state index is -0.499. The van der Waals surface area contributed by atoms with E-state index >= 15 is 0 Å². The van der Waals surface area contributed by atoms with E-state index in [1.165, 1.54) is 61.9 Å². The van der Waals surface area contributed by atoms with E-state index in [1.807, 2.05) is 0 Å². The molecule has 0 saturated carbocycles. The van der Waals surface area contributed by atoms with Crippen molar-refractivity contribution < 1.29 is 0 Å². The lowest BCUT2D eigenvalue weighted by Gasteiger charge is -2.34. The summed E-state index contributed by atoms with van der Waals surface area (Å²) in [5.74, 6) is 0. The minimum Gasteiger partial charge on any atom is -0.0964 e. The van der Waals surface area contributed by atoms with Crippen molar-refractivity contribution in [1.82, 2.24) is 0 Å². The molecule has 0 amide bonds. The summed E-state index contributed by atoms with van der Waals surface area (Å²) in [5.41, 5.74) is 0. The van der Waals surface area contributed by atoms with Crippen molar-refractivity contribution in [3.8, 4) is 0 Å². The molecule has 0 aromatic carbocycles. The molecule has 0 fully saturated rings. The first-order chi connectivity index (χ1) is 8.14. The van der Waals surface area contributed by atoms with Crippen molar-refractivity contribution in [3.05, 3.63) is 0 Å². The molecule has 0 aliphatic carbocycles. The van der Waals surface area contributed by atoms with Gasteiger partial charge in [-0.25, -0.2) is 0 Å². The largest absolute Gasteiger partial charge is 0.268 e. The third kappa shape index (κ3) is 6.88. The zero-order valence-corrected chi connectivity index (χ0v) is 14.3. The van der Waals surface area contributed by atoms with Gasteiger partial charge in [-0.05, 0) is 0 Å². The second-order valence-corrected chi connectivity index (χ2v) is 10.5. The average Bonchev–Trinajstić information content (AvgIpc) is 2.30. The van der Waals surface area contributed by atoms with Crippen LogP contribution >= 0.6 is 0 Å². The van der Waals surface area contributed by atoms with Gasteiger partial charge < -0.3 is 0 Å². The van der Waals surface area contributed by atoms with Gasteiger partial charge in [0, 0.05) is 0 Å². The highest BCUT2D eigenvalue weighted by Gasteiger charge is 2.34. The molecule has 0 saturated heterocycles. The van der Waals surface area contributed by atoms with E-state index in [0.29, 0.717) is 0 Å². The number of hydrogen-bond donors (Lipinski definition) is 0. The fourth-order valence-electron chi connectivity index (χ4n) is 3.51. The van der Waals surface area contributed by atoms with Crippen LogP contribution in [-0.4, -0.2) is 14.1 Å². The van der Waals surface area contributed by atoms with Crippen molar-refractivity contribution in [2.24, 2.45) is 0 Å². The minimum absolute atomic E-state index is 0.499. The molecule has 0 aliphatic rings. The molecule has 17 heavy (non-hydrogen) atoms. The van der Waals surface area contributed by atoms with Gasteiger partial charge in [0.15, 0.2) is 0 Å². The Kier molecular flexibility index (Phi) is 10.8.